The number of thioether (sulfide) groups is 1. The SMILES string of the molecule is Cc1ccc(-n2cnnc2SCC(=O)NCc2cc(Br)cs2)cc1. The van der Waals surface area contributed by atoms with E-state index in [-0.39, 0.29) is 5.91 Å². The Morgan fingerprint density at radius 1 is 1.38 bits per heavy atom. The minimum Gasteiger partial charge on any atom is -0.350 e. The number of carbonyl (C=O) groups is 1. The fourth-order valence-corrected chi connectivity index (χ4v) is 4.17. The predicted octanol–water partition coefficient (Wildman–Crippen LogP) is 3.81. The number of aromatic nitrogens is 3. The maximum absolute atomic E-state index is 12.0. The molecule has 3 rings (SSSR count). The summed E-state index contributed by atoms with van der Waals surface area (Å²) in [5, 5.41) is 13.7. The lowest BCUT2D eigenvalue weighted by Gasteiger charge is -2.07. The summed E-state index contributed by atoms with van der Waals surface area (Å²) in [6.07, 6.45) is 1.66. The van der Waals surface area contributed by atoms with Crippen LogP contribution in [0.4, 0.5) is 0 Å². The van der Waals surface area contributed by atoms with Gasteiger partial charge in [0, 0.05) is 20.4 Å². The van der Waals surface area contributed by atoms with Crippen LogP contribution in [0.25, 0.3) is 5.69 Å². The molecular formula is C16H15BrN4OS2. The topological polar surface area (TPSA) is 59.8 Å². The van der Waals surface area contributed by atoms with Crippen molar-refractivity contribution in [3.63, 3.8) is 0 Å². The maximum atomic E-state index is 12.0. The second kappa shape index (κ2) is 7.96. The number of halogens is 1. The smallest absolute Gasteiger partial charge is 0.230 e. The van der Waals surface area contributed by atoms with Crippen molar-refractivity contribution >= 4 is 44.9 Å². The highest BCUT2D eigenvalue weighted by atomic mass is 79.9. The van der Waals surface area contributed by atoms with Gasteiger partial charge in [-0.1, -0.05) is 29.5 Å². The van der Waals surface area contributed by atoms with Crippen molar-refractivity contribution in [2.45, 2.75) is 18.6 Å². The van der Waals surface area contributed by atoms with Gasteiger partial charge < -0.3 is 5.32 Å². The molecule has 0 spiro atoms. The monoisotopic (exact) mass is 422 g/mol. The number of hydrogen-bond donors (Lipinski definition) is 1. The highest BCUT2D eigenvalue weighted by Gasteiger charge is 2.10. The molecule has 1 N–H and O–H groups in total. The van der Waals surface area contributed by atoms with E-state index < -0.39 is 0 Å². The molecule has 8 heteroatoms. The van der Waals surface area contributed by atoms with Gasteiger partial charge >= 0.3 is 0 Å². The number of hydrogen-bond acceptors (Lipinski definition) is 5. The number of thiophene rings is 1. The number of nitrogens with zero attached hydrogens (tertiary/aromatic N) is 3. The van der Waals surface area contributed by atoms with Crippen LogP contribution >= 0.6 is 39.0 Å². The van der Waals surface area contributed by atoms with Crippen molar-refractivity contribution in [1.82, 2.24) is 20.1 Å². The molecule has 0 bridgehead atoms. The second-order valence-electron chi connectivity index (χ2n) is 5.12. The number of carbonyl (C=O) groups excluding carboxylic acids is 1. The van der Waals surface area contributed by atoms with Gasteiger partial charge in [-0.2, -0.15) is 0 Å². The lowest BCUT2D eigenvalue weighted by atomic mass is 10.2. The van der Waals surface area contributed by atoms with Crippen molar-refractivity contribution in [3.05, 3.63) is 57.0 Å². The number of aryl methyl sites for hydroxylation is 1. The van der Waals surface area contributed by atoms with Crippen LogP contribution in [-0.4, -0.2) is 26.4 Å². The first-order valence-electron chi connectivity index (χ1n) is 7.21. The van der Waals surface area contributed by atoms with E-state index in [2.05, 4.69) is 31.4 Å². The molecule has 0 aliphatic rings. The summed E-state index contributed by atoms with van der Waals surface area (Å²) in [4.78, 5) is 13.1. The molecule has 1 amide bonds. The first-order chi connectivity index (χ1) is 11.6. The Kier molecular flexibility index (Phi) is 5.70. The molecule has 0 saturated carbocycles. The summed E-state index contributed by atoms with van der Waals surface area (Å²) in [7, 11) is 0. The van der Waals surface area contributed by atoms with Crippen molar-refractivity contribution < 1.29 is 4.79 Å². The van der Waals surface area contributed by atoms with E-state index in [1.54, 1.807) is 17.7 Å². The van der Waals surface area contributed by atoms with Crippen molar-refractivity contribution in [3.8, 4) is 5.69 Å². The zero-order valence-corrected chi connectivity index (χ0v) is 16.1. The summed E-state index contributed by atoms with van der Waals surface area (Å²) in [6, 6.07) is 10.1. The van der Waals surface area contributed by atoms with Crippen LogP contribution in [0.5, 0.6) is 0 Å². The van der Waals surface area contributed by atoms with Gasteiger partial charge in [0.15, 0.2) is 5.16 Å². The zero-order valence-electron chi connectivity index (χ0n) is 12.9. The van der Waals surface area contributed by atoms with E-state index in [0.717, 1.165) is 15.0 Å². The first kappa shape index (κ1) is 17.2. The third-order valence-electron chi connectivity index (χ3n) is 3.24. The van der Waals surface area contributed by atoms with Crippen LogP contribution in [0, 0.1) is 6.92 Å². The van der Waals surface area contributed by atoms with Crippen molar-refractivity contribution in [2.75, 3.05) is 5.75 Å². The molecule has 1 aromatic carbocycles. The van der Waals surface area contributed by atoms with Gasteiger partial charge in [0.2, 0.25) is 5.91 Å². The minimum atomic E-state index is -0.0250. The van der Waals surface area contributed by atoms with Crippen LogP contribution in [-0.2, 0) is 11.3 Å². The Hall–Kier alpha value is -1.64. The molecule has 124 valence electrons. The second-order valence-corrected chi connectivity index (χ2v) is 7.97. The molecule has 0 aliphatic heterocycles. The summed E-state index contributed by atoms with van der Waals surface area (Å²) >= 11 is 6.39. The Morgan fingerprint density at radius 2 is 2.17 bits per heavy atom. The lowest BCUT2D eigenvalue weighted by molar-refractivity contribution is -0.118. The summed E-state index contributed by atoms with van der Waals surface area (Å²) < 4.78 is 2.92. The van der Waals surface area contributed by atoms with Crippen LogP contribution in [0.3, 0.4) is 0 Å². The Balaban J connectivity index is 1.56. The summed E-state index contributed by atoms with van der Waals surface area (Å²) in [5.41, 5.74) is 2.18. The van der Waals surface area contributed by atoms with Crippen LogP contribution < -0.4 is 5.32 Å². The molecule has 0 aliphatic carbocycles. The molecule has 0 radical (unpaired) electrons. The molecule has 2 heterocycles. The normalized spacial score (nSPS) is 10.8. The molecule has 0 unspecified atom stereocenters. The third-order valence-corrected chi connectivity index (χ3v) is 5.88. The molecular weight excluding hydrogens is 408 g/mol. The molecule has 3 aromatic rings. The fourth-order valence-electron chi connectivity index (χ4n) is 2.02. The van der Waals surface area contributed by atoms with Gasteiger partial charge in [0.25, 0.3) is 0 Å². The number of nitrogens with one attached hydrogen (secondary N) is 1. The Morgan fingerprint density at radius 3 is 2.88 bits per heavy atom. The minimum absolute atomic E-state index is 0.0250. The van der Waals surface area contributed by atoms with E-state index >= 15 is 0 Å². The Labute approximate surface area is 156 Å². The lowest BCUT2D eigenvalue weighted by Crippen LogP contribution is -2.24. The summed E-state index contributed by atoms with van der Waals surface area (Å²) in [5.74, 6) is 0.278. The highest BCUT2D eigenvalue weighted by molar-refractivity contribution is 9.10. The van der Waals surface area contributed by atoms with Gasteiger partial charge in [0.05, 0.1) is 12.3 Å². The van der Waals surface area contributed by atoms with E-state index in [4.69, 9.17) is 0 Å². The maximum Gasteiger partial charge on any atom is 0.230 e. The van der Waals surface area contributed by atoms with Gasteiger partial charge in [0.1, 0.15) is 6.33 Å². The van der Waals surface area contributed by atoms with Crippen molar-refractivity contribution in [1.29, 1.82) is 0 Å². The molecule has 0 fully saturated rings. The van der Waals surface area contributed by atoms with Gasteiger partial charge in [-0.3, -0.25) is 9.36 Å². The van der Waals surface area contributed by atoms with E-state index in [0.29, 0.717) is 17.5 Å². The van der Waals surface area contributed by atoms with E-state index in [9.17, 15) is 4.79 Å². The number of amides is 1. The highest BCUT2D eigenvalue weighted by Crippen LogP contribution is 2.21. The molecule has 0 atom stereocenters. The number of rotatable bonds is 6. The van der Waals surface area contributed by atoms with Gasteiger partial charge in [-0.25, -0.2) is 0 Å². The molecule has 5 nitrogen and oxygen atoms in total. The standard InChI is InChI=1S/C16H15BrN4OS2/c1-11-2-4-13(5-3-11)21-10-19-20-16(21)24-9-15(22)18-7-14-6-12(17)8-23-14/h2-6,8,10H,7,9H2,1H3,(H,18,22). The quantitative estimate of drug-likeness (QED) is 0.613. The average Bonchev–Trinajstić information content (AvgIpc) is 3.20. The molecule has 2 aromatic heterocycles. The largest absolute Gasteiger partial charge is 0.350 e. The summed E-state index contributed by atoms with van der Waals surface area (Å²) in [6.45, 7) is 2.59. The molecule has 24 heavy (non-hydrogen) atoms. The van der Waals surface area contributed by atoms with Crippen LogP contribution in [0.2, 0.25) is 0 Å². The zero-order chi connectivity index (χ0) is 16.9. The van der Waals surface area contributed by atoms with Crippen molar-refractivity contribution in [2.24, 2.45) is 0 Å². The van der Waals surface area contributed by atoms with Gasteiger partial charge in [-0.05, 0) is 41.1 Å². The fraction of sp³-hybridized carbons (Fsp3) is 0.188. The average molecular weight is 423 g/mol. The van der Waals surface area contributed by atoms with Crippen LogP contribution in [0.15, 0.2) is 51.7 Å². The molecule has 0 saturated heterocycles. The Bertz CT molecular complexity index is 829. The predicted molar refractivity (Wildman–Crippen MR) is 101 cm³/mol. The van der Waals surface area contributed by atoms with E-state index in [1.165, 1.54) is 17.3 Å². The third kappa shape index (κ3) is 4.46. The van der Waals surface area contributed by atoms with Gasteiger partial charge in [-0.15, -0.1) is 21.5 Å². The number of benzene rings is 1. The first-order valence-corrected chi connectivity index (χ1v) is 9.87. The van der Waals surface area contributed by atoms with Crippen LogP contribution in [0.1, 0.15) is 10.4 Å². The van der Waals surface area contributed by atoms with E-state index in [1.807, 2.05) is 47.2 Å².